The number of nitrogens with one attached hydrogen (secondary N) is 2. The highest BCUT2D eigenvalue weighted by Crippen LogP contribution is 2.21. The Labute approximate surface area is 134 Å². The van der Waals surface area contributed by atoms with Gasteiger partial charge in [0, 0.05) is 22.8 Å². The van der Waals surface area contributed by atoms with E-state index in [4.69, 9.17) is 0 Å². The van der Waals surface area contributed by atoms with Gasteiger partial charge in [-0.2, -0.15) is 9.36 Å². The van der Waals surface area contributed by atoms with Crippen molar-refractivity contribution >= 4 is 22.6 Å². The lowest BCUT2D eigenvalue weighted by Crippen LogP contribution is -2.23. The molecule has 1 amide bonds. The fraction of sp³-hybridized carbons (Fsp3) is 0.0667. The van der Waals surface area contributed by atoms with E-state index in [1.54, 1.807) is 25.1 Å². The number of hydrogen-bond donors (Lipinski definition) is 2. The summed E-state index contributed by atoms with van der Waals surface area (Å²) in [6, 6.07) is 8.80. The van der Waals surface area contributed by atoms with Gasteiger partial charge in [0.15, 0.2) is 5.82 Å². The van der Waals surface area contributed by atoms with Crippen molar-refractivity contribution in [3.05, 3.63) is 63.8 Å². The van der Waals surface area contributed by atoms with Crippen molar-refractivity contribution in [1.82, 2.24) is 14.3 Å². The first-order chi connectivity index (χ1) is 11.0. The number of aromatic amines is 1. The van der Waals surface area contributed by atoms with Crippen LogP contribution in [0.25, 0.3) is 11.4 Å². The number of anilines is 1. The molecule has 1 aromatic carbocycles. The number of pyridine rings is 1. The van der Waals surface area contributed by atoms with Gasteiger partial charge in [0.05, 0.1) is 0 Å². The van der Waals surface area contributed by atoms with Gasteiger partial charge in [-0.15, -0.1) is 0 Å². The third-order valence-electron chi connectivity index (χ3n) is 3.05. The molecule has 2 N–H and O–H groups in total. The van der Waals surface area contributed by atoms with Crippen molar-refractivity contribution in [2.24, 2.45) is 0 Å². The Bertz CT molecular complexity index is 918. The number of nitrogens with zero attached hydrogens (tertiary/aromatic N) is 2. The third-order valence-corrected chi connectivity index (χ3v) is 3.68. The molecule has 8 heteroatoms. The van der Waals surface area contributed by atoms with Crippen LogP contribution in [-0.2, 0) is 0 Å². The number of carbonyl (C=O) groups excluding carboxylic acids is 1. The summed E-state index contributed by atoms with van der Waals surface area (Å²) in [6.07, 6.45) is 0. The van der Waals surface area contributed by atoms with Gasteiger partial charge >= 0.3 is 0 Å². The minimum Gasteiger partial charge on any atom is -0.326 e. The number of benzene rings is 1. The van der Waals surface area contributed by atoms with Crippen LogP contribution in [0.5, 0.6) is 0 Å². The Morgan fingerprint density at radius 3 is 2.65 bits per heavy atom. The van der Waals surface area contributed by atoms with Crippen LogP contribution in [0.3, 0.4) is 0 Å². The highest BCUT2D eigenvalue weighted by Gasteiger charge is 2.14. The SMILES string of the molecule is Cc1ccc(C(=O)Nc2nc(-c3ccc(F)cc3)ns2)c(=O)[nH]1. The summed E-state index contributed by atoms with van der Waals surface area (Å²) in [7, 11) is 0. The molecule has 6 nitrogen and oxygen atoms in total. The fourth-order valence-corrected chi connectivity index (χ4v) is 2.49. The van der Waals surface area contributed by atoms with Crippen LogP contribution in [0.1, 0.15) is 16.1 Å². The van der Waals surface area contributed by atoms with E-state index in [1.165, 1.54) is 18.2 Å². The fourth-order valence-electron chi connectivity index (χ4n) is 1.91. The van der Waals surface area contributed by atoms with E-state index < -0.39 is 11.5 Å². The lowest BCUT2D eigenvalue weighted by Gasteiger charge is -2.00. The lowest BCUT2D eigenvalue weighted by atomic mass is 10.2. The molecule has 0 radical (unpaired) electrons. The standard InChI is InChI=1S/C15H11FN4O2S/c1-8-2-7-11(13(21)17-8)14(22)19-15-18-12(20-23-15)9-3-5-10(16)6-4-9/h2-7H,1H3,(H,17,21)(H,18,19,20,22). The summed E-state index contributed by atoms with van der Waals surface area (Å²) in [5.74, 6) is -0.535. The molecule has 0 saturated carbocycles. The van der Waals surface area contributed by atoms with Gasteiger partial charge in [0.2, 0.25) is 5.13 Å². The summed E-state index contributed by atoms with van der Waals surface area (Å²) < 4.78 is 17.0. The highest BCUT2D eigenvalue weighted by molar-refractivity contribution is 7.10. The van der Waals surface area contributed by atoms with Crippen LogP contribution in [0, 0.1) is 12.7 Å². The van der Waals surface area contributed by atoms with Gasteiger partial charge in [0.1, 0.15) is 11.4 Å². The Kier molecular flexibility index (Phi) is 3.98. The molecule has 2 aromatic heterocycles. The maximum atomic E-state index is 12.9. The predicted molar refractivity (Wildman–Crippen MR) is 85.1 cm³/mol. The summed E-state index contributed by atoms with van der Waals surface area (Å²) >= 11 is 0.982. The van der Waals surface area contributed by atoms with E-state index in [1.807, 2.05) is 0 Å². The average molecular weight is 330 g/mol. The molecule has 0 aliphatic heterocycles. The van der Waals surface area contributed by atoms with E-state index in [9.17, 15) is 14.0 Å². The molecule has 0 aliphatic carbocycles. The smallest absolute Gasteiger partial charge is 0.263 e. The number of rotatable bonds is 3. The van der Waals surface area contributed by atoms with E-state index in [2.05, 4.69) is 19.7 Å². The highest BCUT2D eigenvalue weighted by atomic mass is 32.1. The molecule has 0 bridgehead atoms. The number of aryl methyl sites for hydroxylation is 1. The van der Waals surface area contributed by atoms with Gasteiger partial charge in [-0.05, 0) is 43.3 Å². The van der Waals surface area contributed by atoms with Crippen LogP contribution >= 0.6 is 11.5 Å². The van der Waals surface area contributed by atoms with Crippen molar-refractivity contribution in [2.75, 3.05) is 5.32 Å². The van der Waals surface area contributed by atoms with Crippen LogP contribution in [0.15, 0.2) is 41.2 Å². The lowest BCUT2D eigenvalue weighted by molar-refractivity contribution is 0.102. The van der Waals surface area contributed by atoms with Gasteiger partial charge in [-0.3, -0.25) is 14.9 Å². The van der Waals surface area contributed by atoms with Crippen LogP contribution in [0.4, 0.5) is 9.52 Å². The second kappa shape index (κ2) is 6.09. The number of halogens is 1. The number of amides is 1. The van der Waals surface area contributed by atoms with Crippen molar-refractivity contribution in [2.45, 2.75) is 6.92 Å². The minimum atomic E-state index is -0.562. The largest absolute Gasteiger partial charge is 0.326 e. The van der Waals surface area contributed by atoms with Crippen molar-refractivity contribution in [1.29, 1.82) is 0 Å². The van der Waals surface area contributed by atoms with Gasteiger partial charge in [-0.25, -0.2) is 4.39 Å². The van der Waals surface area contributed by atoms with Gasteiger partial charge < -0.3 is 4.98 Å². The molecule has 3 rings (SSSR count). The quantitative estimate of drug-likeness (QED) is 0.772. The summed E-state index contributed by atoms with van der Waals surface area (Å²) in [5, 5.41) is 2.79. The van der Waals surface area contributed by atoms with Crippen LogP contribution in [0.2, 0.25) is 0 Å². The molecule has 0 atom stereocenters. The Morgan fingerprint density at radius 1 is 1.22 bits per heavy atom. The number of aromatic nitrogens is 3. The predicted octanol–water partition coefficient (Wildman–Crippen LogP) is 2.59. The molecule has 23 heavy (non-hydrogen) atoms. The third kappa shape index (κ3) is 3.32. The Hall–Kier alpha value is -2.87. The molecule has 0 unspecified atom stereocenters. The molecule has 0 fully saturated rings. The van der Waals surface area contributed by atoms with Gasteiger partial charge in [0.25, 0.3) is 11.5 Å². The second-order valence-corrected chi connectivity index (χ2v) is 5.52. The molecule has 3 aromatic rings. The summed E-state index contributed by atoms with van der Waals surface area (Å²) in [5.41, 5.74) is 0.831. The zero-order valence-electron chi connectivity index (χ0n) is 12.0. The van der Waals surface area contributed by atoms with Crippen molar-refractivity contribution in [3.63, 3.8) is 0 Å². The first kappa shape index (κ1) is 15.0. The molecular weight excluding hydrogens is 319 g/mol. The normalized spacial score (nSPS) is 10.5. The molecule has 2 heterocycles. The molecule has 0 aliphatic rings. The maximum Gasteiger partial charge on any atom is 0.263 e. The first-order valence-corrected chi connectivity index (χ1v) is 7.41. The molecule has 0 saturated heterocycles. The Balaban J connectivity index is 1.80. The summed E-state index contributed by atoms with van der Waals surface area (Å²) in [6.45, 7) is 1.73. The average Bonchev–Trinajstić information content (AvgIpc) is 2.96. The Morgan fingerprint density at radius 2 is 1.96 bits per heavy atom. The second-order valence-electron chi connectivity index (χ2n) is 4.77. The van der Waals surface area contributed by atoms with E-state index in [0.29, 0.717) is 17.1 Å². The monoisotopic (exact) mass is 330 g/mol. The van der Waals surface area contributed by atoms with Crippen molar-refractivity contribution < 1.29 is 9.18 Å². The molecular formula is C15H11FN4O2S. The number of hydrogen-bond acceptors (Lipinski definition) is 5. The van der Waals surface area contributed by atoms with Crippen LogP contribution in [-0.4, -0.2) is 20.2 Å². The number of carbonyl (C=O) groups is 1. The zero-order valence-corrected chi connectivity index (χ0v) is 12.8. The van der Waals surface area contributed by atoms with E-state index in [0.717, 1.165) is 11.5 Å². The summed E-state index contributed by atoms with van der Waals surface area (Å²) in [4.78, 5) is 30.6. The molecule has 116 valence electrons. The first-order valence-electron chi connectivity index (χ1n) is 6.64. The van der Waals surface area contributed by atoms with Gasteiger partial charge in [-0.1, -0.05) is 0 Å². The minimum absolute atomic E-state index is 0.00543. The van der Waals surface area contributed by atoms with Crippen LogP contribution < -0.4 is 10.9 Å². The molecule has 0 spiro atoms. The topological polar surface area (TPSA) is 87.7 Å². The zero-order chi connectivity index (χ0) is 16.4. The number of H-pyrrole nitrogens is 1. The van der Waals surface area contributed by atoms with E-state index in [-0.39, 0.29) is 16.5 Å². The van der Waals surface area contributed by atoms with Crippen molar-refractivity contribution in [3.8, 4) is 11.4 Å². The van der Waals surface area contributed by atoms with E-state index >= 15 is 0 Å². The maximum absolute atomic E-state index is 12.9.